The Morgan fingerprint density at radius 1 is 1.17 bits per heavy atom. The monoisotopic (exact) mass is 352 g/mol. The minimum absolute atomic E-state index is 0.00792. The van der Waals surface area contributed by atoms with Crippen molar-refractivity contribution in [1.82, 2.24) is 4.31 Å². The number of carbonyl (C=O) groups excluding carboxylic acids is 1. The number of hydrogen-bond donors (Lipinski definition) is 1. The highest BCUT2D eigenvalue weighted by atomic mass is 32.2. The molecule has 0 radical (unpaired) electrons. The van der Waals surface area contributed by atoms with Crippen LogP contribution >= 0.6 is 0 Å². The summed E-state index contributed by atoms with van der Waals surface area (Å²) in [6.07, 6.45) is 5.69. The van der Waals surface area contributed by atoms with Gasteiger partial charge in [-0.15, -0.1) is 0 Å². The van der Waals surface area contributed by atoms with Gasteiger partial charge in [-0.2, -0.15) is 4.31 Å². The summed E-state index contributed by atoms with van der Waals surface area (Å²) >= 11 is 0. The van der Waals surface area contributed by atoms with E-state index in [-0.39, 0.29) is 16.7 Å². The van der Waals surface area contributed by atoms with Crippen molar-refractivity contribution in [2.75, 3.05) is 25.5 Å². The van der Waals surface area contributed by atoms with Crippen molar-refractivity contribution < 1.29 is 17.9 Å². The van der Waals surface area contributed by atoms with Gasteiger partial charge >= 0.3 is 0 Å². The van der Waals surface area contributed by atoms with E-state index in [1.165, 1.54) is 23.5 Å². The molecule has 1 amide bonds. The van der Waals surface area contributed by atoms with Gasteiger partial charge in [0.25, 0.3) is 0 Å². The zero-order valence-electron chi connectivity index (χ0n) is 14.0. The molecule has 3 rings (SSSR count). The minimum atomic E-state index is -3.51. The van der Waals surface area contributed by atoms with Crippen LogP contribution in [0.1, 0.15) is 38.5 Å². The maximum atomic E-state index is 12.7. The fourth-order valence-corrected chi connectivity index (χ4v) is 4.99. The number of sulfonamides is 1. The lowest BCUT2D eigenvalue weighted by Gasteiger charge is -2.18. The molecule has 1 saturated carbocycles. The van der Waals surface area contributed by atoms with Gasteiger partial charge in [0.1, 0.15) is 5.75 Å². The Labute approximate surface area is 143 Å². The normalized spacial score (nSPS) is 19.5. The predicted molar refractivity (Wildman–Crippen MR) is 91.6 cm³/mol. The van der Waals surface area contributed by atoms with Crippen molar-refractivity contribution in [3.05, 3.63) is 18.2 Å². The molecule has 24 heavy (non-hydrogen) atoms. The molecular formula is C17H24N2O4S. The Morgan fingerprint density at radius 3 is 2.46 bits per heavy atom. The van der Waals surface area contributed by atoms with E-state index in [0.29, 0.717) is 24.5 Å². The molecule has 0 unspecified atom stereocenters. The van der Waals surface area contributed by atoms with Gasteiger partial charge in [-0.05, 0) is 43.9 Å². The molecule has 7 heteroatoms. The quantitative estimate of drug-likeness (QED) is 0.884. The van der Waals surface area contributed by atoms with Gasteiger partial charge in [-0.25, -0.2) is 8.42 Å². The van der Waals surface area contributed by atoms with Crippen LogP contribution in [0.15, 0.2) is 23.1 Å². The van der Waals surface area contributed by atoms with E-state index in [1.807, 2.05) is 0 Å². The molecule has 1 aromatic rings. The van der Waals surface area contributed by atoms with Gasteiger partial charge < -0.3 is 10.1 Å². The van der Waals surface area contributed by atoms with E-state index >= 15 is 0 Å². The number of amides is 1. The predicted octanol–water partition coefficient (Wildman–Crippen LogP) is 2.61. The SMILES string of the molecule is COc1ccc(S(=O)(=O)N2CCCC2)cc1NC(=O)C1CCCC1. The average molecular weight is 352 g/mol. The molecule has 0 spiro atoms. The van der Waals surface area contributed by atoms with Crippen LogP contribution in [0.4, 0.5) is 5.69 Å². The summed E-state index contributed by atoms with van der Waals surface area (Å²) in [6, 6.07) is 4.66. The Kier molecular flexibility index (Phi) is 5.10. The molecule has 1 heterocycles. The highest BCUT2D eigenvalue weighted by molar-refractivity contribution is 7.89. The zero-order chi connectivity index (χ0) is 17.2. The summed E-state index contributed by atoms with van der Waals surface area (Å²) in [7, 11) is -2.01. The first-order valence-corrected chi connectivity index (χ1v) is 9.95. The summed E-state index contributed by atoms with van der Waals surface area (Å²) in [5.74, 6) is 0.428. The molecule has 0 bridgehead atoms. The van der Waals surface area contributed by atoms with Crippen LogP contribution in [0.2, 0.25) is 0 Å². The number of rotatable bonds is 5. The van der Waals surface area contributed by atoms with Gasteiger partial charge in [0.05, 0.1) is 17.7 Å². The first-order chi connectivity index (χ1) is 11.5. The second-order valence-electron chi connectivity index (χ2n) is 6.44. The lowest BCUT2D eigenvalue weighted by atomic mass is 10.1. The molecule has 1 N–H and O–H groups in total. The van der Waals surface area contributed by atoms with Gasteiger partial charge in [0.15, 0.2) is 0 Å². The molecule has 6 nitrogen and oxygen atoms in total. The number of methoxy groups -OCH3 is 1. The van der Waals surface area contributed by atoms with Crippen LogP contribution in [0.5, 0.6) is 5.75 Å². The molecule has 1 aliphatic heterocycles. The van der Waals surface area contributed by atoms with Gasteiger partial charge in [-0.3, -0.25) is 4.79 Å². The lowest BCUT2D eigenvalue weighted by molar-refractivity contribution is -0.119. The van der Waals surface area contributed by atoms with Gasteiger partial charge in [0.2, 0.25) is 15.9 Å². The van der Waals surface area contributed by atoms with E-state index < -0.39 is 10.0 Å². The number of benzene rings is 1. The summed E-state index contributed by atoms with van der Waals surface area (Å²) in [6.45, 7) is 1.11. The third-order valence-corrected chi connectivity index (χ3v) is 6.75. The van der Waals surface area contributed by atoms with Crippen LogP contribution in [-0.2, 0) is 14.8 Å². The summed E-state index contributed by atoms with van der Waals surface area (Å²) < 4.78 is 32.2. The smallest absolute Gasteiger partial charge is 0.243 e. The molecule has 1 aromatic carbocycles. The molecule has 2 fully saturated rings. The van der Waals surface area contributed by atoms with Crippen molar-refractivity contribution in [1.29, 1.82) is 0 Å². The topological polar surface area (TPSA) is 75.7 Å². The lowest BCUT2D eigenvalue weighted by Crippen LogP contribution is -2.28. The molecule has 2 aliphatic rings. The van der Waals surface area contributed by atoms with Crippen LogP contribution in [-0.4, -0.2) is 38.8 Å². The number of hydrogen-bond acceptors (Lipinski definition) is 4. The van der Waals surface area contributed by atoms with E-state index in [2.05, 4.69) is 5.32 Å². The number of carbonyl (C=O) groups is 1. The van der Waals surface area contributed by atoms with Crippen molar-refractivity contribution in [3.8, 4) is 5.75 Å². The van der Waals surface area contributed by atoms with Crippen LogP contribution < -0.4 is 10.1 Å². The summed E-state index contributed by atoms with van der Waals surface area (Å²) in [4.78, 5) is 12.6. The van der Waals surface area contributed by atoms with Crippen LogP contribution in [0.3, 0.4) is 0 Å². The highest BCUT2D eigenvalue weighted by Gasteiger charge is 2.29. The van der Waals surface area contributed by atoms with Gasteiger partial charge in [0, 0.05) is 19.0 Å². The minimum Gasteiger partial charge on any atom is -0.495 e. The Morgan fingerprint density at radius 2 is 1.83 bits per heavy atom. The van der Waals surface area contributed by atoms with E-state index in [4.69, 9.17) is 4.74 Å². The highest BCUT2D eigenvalue weighted by Crippen LogP contribution is 2.32. The first kappa shape index (κ1) is 17.2. The summed E-state index contributed by atoms with van der Waals surface area (Å²) in [5, 5.41) is 2.86. The van der Waals surface area contributed by atoms with Crippen LogP contribution in [0, 0.1) is 5.92 Å². The molecule has 1 saturated heterocycles. The Bertz CT molecular complexity index is 705. The molecule has 1 aliphatic carbocycles. The Hall–Kier alpha value is -1.60. The number of anilines is 1. The number of nitrogens with zero attached hydrogens (tertiary/aromatic N) is 1. The molecule has 0 aromatic heterocycles. The number of nitrogens with one attached hydrogen (secondary N) is 1. The van der Waals surface area contributed by atoms with Gasteiger partial charge in [-0.1, -0.05) is 12.8 Å². The second-order valence-corrected chi connectivity index (χ2v) is 8.38. The fraction of sp³-hybridized carbons (Fsp3) is 0.588. The largest absolute Gasteiger partial charge is 0.495 e. The third-order valence-electron chi connectivity index (χ3n) is 4.86. The molecule has 0 atom stereocenters. The van der Waals surface area contributed by atoms with Crippen molar-refractivity contribution >= 4 is 21.6 Å². The summed E-state index contributed by atoms with van der Waals surface area (Å²) in [5.41, 5.74) is 0.426. The van der Waals surface area contributed by atoms with E-state index in [9.17, 15) is 13.2 Å². The van der Waals surface area contributed by atoms with Crippen molar-refractivity contribution in [3.63, 3.8) is 0 Å². The first-order valence-electron chi connectivity index (χ1n) is 8.51. The maximum absolute atomic E-state index is 12.7. The third kappa shape index (κ3) is 3.42. The molecule has 132 valence electrons. The average Bonchev–Trinajstić information content (AvgIpc) is 3.28. The number of ether oxygens (including phenoxy) is 1. The Balaban J connectivity index is 1.86. The van der Waals surface area contributed by atoms with Crippen LogP contribution in [0.25, 0.3) is 0 Å². The second kappa shape index (κ2) is 7.11. The van der Waals surface area contributed by atoms with E-state index in [0.717, 1.165) is 38.5 Å². The fourth-order valence-electron chi connectivity index (χ4n) is 3.45. The van der Waals surface area contributed by atoms with E-state index in [1.54, 1.807) is 6.07 Å². The maximum Gasteiger partial charge on any atom is 0.243 e. The standard InChI is InChI=1S/C17H24N2O4S/c1-23-16-9-8-14(24(21,22)19-10-4-5-11-19)12-15(16)18-17(20)13-6-2-3-7-13/h8-9,12-13H,2-7,10-11H2,1H3,(H,18,20). The van der Waals surface area contributed by atoms with Crippen molar-refractivity contribution in [2.45, 2.75) is 43.4 Å². The van der Waals surface area contributed by atoms with Crippen molar-refractivity contribution in [2.24, 2.45) is 5.92 Å². The zero-order valence-corrected chi connectivity index (χ0v) is 14.8. The molecular weight excluding hydrogens is 328 g/mol.